The van der Waals surface area contributed by atoms with E-state index in [2.05, 4.69) is 40.3 Å². The molecule has 2 aromatic heterocycles. The minimum absolute atomic E-state index is 0.0498. The Morgan fingerprint density at radius 2 is 1.90 bits per heavy atom. The molecule has 0 radical (unpaired) electrons. The molecule has 0 saturated heterocycles. The molecule has 1 amide bonds. The van der Waals surface area contributed by atoms with Crippen LogP contribution in [0, 0.1) is 0 Å². The lowest BCUT2D eigenvalue weighted by Crippen LogP contribution is -2.33. The van der Waals surface area contributed by atoms with Crippen molar-refractivity contribution in [2.24, 2.45) is 0 Å². The fourth-order valence-electron chi connectivity index (χ4n) is 4.00. The van der Waals surface area contributed by atoms with Crippen molar-refractivity contribution < 1.29 is 4.79 Å². The fraction of sp³-hybridized carbons (Fsp3) is 0.120. The van der Waals surface area contributed by atoms with Crippen LogP contribution in [0.5, 0.6) is 0 Å². The number of hydrogen-bond acceptors (Lipinski definition) is 2. The average molecular weight is 379 g/mol. The summed E-state index contributed by atoms with van der Waals surface area (Å²) < 4.78 is 0. The van der Waals surface area contributed by atoms with Gasteiger partial charge in [-0.05, 0) is 46.5 Å². The summed E-state index contributed by atoms with van der Waals surface area (Å²) in [6.07, 6.45) is 10.4. The number of H-pyrrole nitrogens is 1. The van der Waals surface area contributed by atoms with Crippen molar-refractivity contribution in [1.29, 1.82) is 0 Å². The van der Waals surface area contributed by atoms with Crippen molar-refractivity contribution in [3.63, 3.8) is 0 Å². The number of hydrogen-bond donors (Lipinski definition) is 1. The quantitative estimate of drug-likeness (QED) is 0.507. The first-order valence-corrected chi connectivity index (χ1v) is 9.86. The summed E-state index contributed by atoms with van der Waals surface area (Å²) in [6, 6.07) is 18.4. The van der Waals surface area contributed by atoms with Gasteiger partial charge in [-0.15, -0.1) is 0 Å². The largest absolute Gasteiger partial charge is 0.346 e. The molecule has 0 fully saturated rings. The van der Waals surface area contributed by atoms with Crippen LogP contribution in [0.3, 0.4) is 0 Å². The standard InChI is InChI=1S/C25H21N3O/c29-24(11-10-19-7-3-6-18-5-1-2-8-21(18)19)28-15-12-20(13-16-28)23-17-27-25-22(23)9-4-14-26-25/h1-12,14,17H,13,15-16H2,(H,26,27)/b11-10+. The molecule has 1 N–H and O–H groups in total. The molecule has 0 bridgehead atoms. The smallest absolute Gasteiger partial charge is 0.246 e. The van der Waals surface area contributed by atoms with Gasteiger partial charge in [0.2, 0.25) is 5.91 Å². The summed E-state index contributed by atoms with van der Waals surface area (Å²) in [6.45, 7) is 1.35. The first kappa shape index (κ1) is 17.4. The maximum Gasteiger partial charge on any atom is 0.246 e. The van der Waals surface area contributed by atoms with Gasteiger partial charge in [0.1, 0.15) is 5.65 Å². The number of amides is 1. The molecule has 142 valence electrons. The van der Waals surface area contributed by atoms with E-state index in [0.29, 0.717) is 6.54 Å². The van der Waals surface area contributed by atoms with E-state index in [1.165, 1.54) is 16.5 Å². The van der Waals surface area contributed by atoms with Crippen LogP contribution < -0.4 is 0 Å². The third kappa shape index (κ3) is 3.34. The highest BCUT2D eigenvalue weighted by atomic mass is 16.2. The molecule has 4 nitrogen and oxygen atoms in total. The zero-order valence-electron chi connectivity index (χ0n) is 16.0. The molecular weight excluding hydrogens is 358 g/mol. The molecule has 0 aliphatic carbocycles. The van der Waals surface area contributed by atoms with Crippen molar-refractivity contribution in [3.05, 3.63) is 90.3 Å². The average Bonchev–Trinajstić information content (AvgIpc) is 3.22. The molecule has 1 aliphatic rings. The Kier molecular flexibility index (Phi) is 4.45. The highest BCUT2D eigenvalue weighted by molar-refractivity contribution is 5.97. The van der Waals surface area contributed by atoms with Gasteiger partial charge in [-0.2, -0.15) is 0 Å². The minimum atomic E-state index is 0.0498. The van der Waals surface area contributed by atoms with E-state index in [1.807, 2.05) is 47.5 Å². The number of rotatable bonds is 3. The first-order valence-electron chi connectivity index (χ1n) is 9.86. The molecule has 1 aliphatic heterocycles. The zero-order chi connectivity index (χ0) is 19.6. The summed E-state index contributed by atoms with van der Waals surface area (Å²) in [4.78, 5) is 22.2. The Balaban J connectivity index is 1.32. The lowest BCUT2D eigenvalue weighted by Gasteiger charge is -2.25. The van der Waals surface area contributed by atoms with E-state index in [-0.39, 0.29) is 5.91 Å². The first-order chi connectivity index (χ1) is 14.3. The maximum absolute atomic E-state index is 12.7. The van der Waals surface area contributed by atoms with E-state index in [0.717, 1.165) is 34.9 Å². The predicted octanol–water partition coefficient (Wildman–Crippen LogP) is 5.05. The molecule has 0 atom stereocenters. The molecule has 0 unspecified atom stereocenters. The molecular formula is C25H21N3O. The molecule has 2 aromatic carbocycles. The summed E-state index contributed by atoms with van der Waals surface area (Å²) >= 11 is 0. The number of aromatic amines is 1. The van der Waals surface area contributed by atoms with Gasteiger partial charge in [0.15, 0.2) is 0 Å². The number of benzene rings is 2. The normalized spacial score (nSPS) is 14.6. The number of carbonyl (C=O) groups is 1. The fourth-order valence-corrected chi connectivity index (χ4v) is 4.00. The second kappa shape index (κ2) is 7.40. The van der Waals surface area contributed by atoms with Crippen molar-refractivity contribution >= 4 is 39.4 Å². The number of pyridine rings is 1. The summed E-state index contributed by atoms with van der Waals surface area (Å²) in [5.41, 5.74) is 4.42. The van der Waals surface area contributed by atoms with Crippen LogP contribution >= 0.6 is 0 Å². The molecule has 29 heavy (non-hydrogen) atoms. The Labute approximate surface area is 169 Å². The van der Waals surface area contributed by atoms with Gasteiger partial charge in [0.25, 0.3) is 0 Å². The molecule has 4 aromatic rings. The summed E-state index contributed by atoms with van der Waals surface area (Å²) in [5, 5.41) is 3.48. The van der Waals surface area contributed by atoms with E-state index in [4.69, 9.17) is 0 Å². The number of carbonyl (C=O) groups excluding carboxylic acids is 1. The van der Waals surface area contributed by atoms with Crippen LogP contribution in [-0.2, 0) is 4.79 Å². The summed E-state index contributed by atoms with van der Waals surface area (Å²) in [5.74, 6) is 0.0498. The Hall–Kier alpha value is -3.66. The van der Waals surface area contributed by atoms with Gasteiger partial charge in [-0.25, -0.2) is 4.98 Å². The van der Waals surface area contributed by atoms with Gasteiger partial charge < -0.3 is 9.88 Å². The second-order valence-electron chi connectivity index (χ2n) is 7.27. The van der Waals surface area contributed by atoms with E-state index in [1.54, 1.807) is 12.3 Å². The zero-order valence-corrected chi connectivity index (χ0v) is 16.0. The van der Waals surface area contributed by atoms with Crippen LogP contribution in [-0.4, -0.2) is 33.9 Å². The van der Waals surface area contributed by atoms with Gasteiger partial charge in [0, 0.05) is 42.5 Å². The highest BCUT2D eigenvalue weighted by Crippen LogP contribution is 2.28. The van der Waals surface area contributed by atoms with Crippen molar-refractivity contribution in [1.82, 2.24) is 14.9 Å². The third-order valence-corrected chi connectivity index (χ3v) is 5.55. The Morgan fingerprint density at radius 1 is 1.03 bits per heavy atom. The van der Waals surface area contributed by atoms with E-state index in [9.17, 15) is 4.79 Å². The van der Waals surface area contributed by atoms with Crippen molar-refractivity contribution in [2.75, 3.05) is 13.1 Å². The molecule has 5 rings (SSSR count). The van der Waals surface area contributed by atoms with Crippen LogP contribution in [0.4, 0.5) is 0 Å². The van der Waals surface area contributed by atoms with Crippen LogP contribution in [0.25, 0.3) is 33.5 Å². The van der Waals surface area contributed by atoms with Crippen LogP contribution in [0.2, 0.25) is 0 Å². The highest BCUT2D eigenvalue weighted by Gasteiger charge is 2.18. The Bertz CT molecular complexity index is 1260. The number of nitrogens with zero attached hydrogens (tertiary/aromatic N) is 2. The van der Waals surface area contributed by atoms with Crippen LogP contribution in [0.15, 0.2) is 79.1 Å². The van der Waals surface area contributed by atoms with Gasteiger partial charge in [-0.1, -0.05) is 48.5 Å². The lowest BCUT2D eigenvalue weighted by atomic mass is 9.99. The van der Waals surface area contributed by atoms with Gasteiger partial charge >= 0.3 is 0 Å². The van der Waals surface area contributed by atoms with Crippen molar-refractivity contribution in [3.8, 4) is 0 Å². The number of nitrogens with one attached hydrogen (secondary N) is 1. The predicted molar refractivity (Wildman–Crippen MR) is 118 cm³/mol. The molecule has 3 heterocycles. The Morgan fingerprint density at radius 3 is 2.79 bits per heavy atom. The van der Waals surface area contributed by atoms with Crippen LogP contribution in [0.1, 0.15) is 17.5 Å². The maximum atomic E-state index is 12.7. The van der Waals surface area contributed by atoms with E-state index >= 15 is 0 Å². The third-order valence-electron chi connectivity index (χ3n) is 5.55. The van der Waals surface area contributed by atoms with E-state index < -0.39 is 0 Å². The minimum Gasteiger partial charge on any atom is -0.346 e. The van der Waals surface area contributed by atoms with Crippen molar-refractivity contribution in [2.45, 2.75) is 6.42 Å². The SMILES string of the molecule is O=C(/C=C/c1cccc2ccccc12)N1CC=C(c2c[nH]c3ncccc23)CC1. The monoisotopic (exact) mass is 379 g/mol. The second-order valence-corrected chi connectivity index (χ2v) is 7.27. The number of aromatic nitrogens is 2. The molecule has 0 saturated carbocycles. The molecule has 0 spiro atoms. The van der Waals surface area contributed by atoms with Gasteiger partial charge in [0.05, 0.1) is 0 Å². The van der Waals surface area contributed by atoms with Gasteiger partial charge in [-0.3, -0.25) is 4.79 Å². The molecule has 4 heteroatoms. The lowest BCUT2D eigenvalue weighted by molar-refractivity contribution is -0.125. The summed E-state index contributed by atoms with van der Waals surface area (Å²) in [7, 11) is 0. The number of fused-ring (bicyclic) bond motifs is 2. The topological polar surface area (TPSA) is 49.0 Å².